The van der Waals surface area contributed by atoms with Gasteiger partial charge < -0.3 is 0 Å². The second-order valence-corrected chi connectivity index (χ2v) is 4.70. The van der Waals surface area contributed by atoms with Gasteiger partial charge in [-0.2, -0.15) is 0 Å². The Morgan fingerprint density at radius 2 is 1.75 bits per heavy atom. The van der Waals surface area contributed by atoms with Crippen LogP contribution in [0.4, 0.5) is 0 Å². The second-order valence-electron chi connectivity index (χ2n) is 4.70. The first-order valence-electron chi connectivity index (χ1n) is 6.74. The van der Waals surface area contributed by atoms with Crippen LogP contribution < -0.4 is 11.2 Å². The van der Waals surface area contributed by atoms with Gasteiger partial charge >= 0.3 is 5.69 Å². The summed E-state index contributed by atoms with van der Waals surface area (Å²) in [6, 6.07) is 0. The summed E-state index contributed by atoms with van der Waals surface area (Å²) in [6.07, 6.45) is 2.71. The number of nitrogens with zero attached hydrogens (tertiary/aromatic N) is 4. The highest BCUT2D eigenvalue weighted by atomic mass is 16.2. The van der Waals surface area contributed by atoms with Crippen molar-refractivity contribution in [2.75, 3.05) is 0 Å². The lowest BCUT2D eigenvalue weighted by atomic mass is 10.4. The molecule has 0 aliphatic heterocycles. The Labute approximate surface area is 115 Å². The lowest BCUT2D eigenvalue weighted by Gasteiger charge is -2.10. The maximum Gasteiger partial charge on any atom is 0.332 e. The molecule has 108 valence electrons. The molecule has 2 aromatic heterocycles. The molecule has 2 heterocycles. The van der Waals surface area contributed by atoms with Gasteiger partial charge in [0.05, 0.1) is 0 Å². The van der Waals surface area contributed by atoms with Crippen LogP contribution in [0.2, 0.25) is 0 Å². The first-order valence-corrected chi connectivity index (χ1v) is 6.74. The summed E-state index contributed by atoms with van der Waals surface area (Å²) in [4.78, 5) is 40.4. The minimum atomic E-state index is -0.452. The SMILES string of the molecule is CCCn1c(=O)c2c(ncn2C(C)=O)n(CCC)c1=O. The molecule has 0 aliphatic rings. The van der Waals surface area contributed by atoms with Gasteiger partial charge in [0, 0.05) is 20.0 Å². The number of imidazole rings is 1. The highest BCUT2D eigenvalue weighted by Gasteiger charge is 2.18. The molecule has 2 aromatic rings. The molecule has 0 N–H and O–H groups in total. The van der Waals surface area contributed by atoms with Crippen molar-refractivity contribution in [2.45, 2.75) is 46.7 Å². The fourth-order valence-corrected chi connectivity index (χ4v) is 2.27. The average molecular weight is 278 g/mol. The van der Waals surface area contributed by atoms with Crippen LogP contribution >= 0.6 is 0 Å². The Balaban J connectivity index is 2.94. The standard InChI is InChI=1S/C13H18N4O3/c1-4-6-15-11-10(17(8-14-11)9(3)18)12(19)16(7-5-2)13(15)20/h8H,4-7H2,1-3H3. The number of aryl methyl sites for hydroxylation is 1. The Kier molecular flexibility index (Phi) is 3.87. The molecule has 2 rings (SSSR count). The monoisotopic (exact) mass is 278 g/mol. The van der Waals surface area contributed by atoms with Crippen LogP contribution in [0, 0.1) is 0 Å². The fourth-order valence-electron chi connectivity index (χ4n) is 2.27. The molecule has 0 fully saturated rings. The molecule has 0 atom stereocenters. The molecule has 7 nitrogen and oxygen atoms in total. The van der Waals surface area contributed by atoms with E-state index in [0.717, 1.165) is 6.42 Å². The van der Waals surface area contributed by atoms with Crippen LogP contribution in [0.3, 0.4) is 0 Å². The van der Waals surface area contributed by atoms with Crippen LogP contribution in [0.15, 0.2) is 15.9 Å². The van der Waals surface area contributed by atoms with Crippen molar-refractivity contribution >= 4 is 17.1 Å². The van der Waals surface area contributed by atoms with Gasteiger partial charge in [0.25, 0.3) is 5.56 Å². The van der Waals surface area contributed by atoms with E-state index >= 15 is 0 Å². The zero-order chi connectivity index (χ0) is 14.9. The Morgan fingerprint density at radius 1 is 1.15 bits per heavy atom. The molecule has 0 unspecified atom stereocenters. The smallest absolute Gasteiger partial charge is 0.276 e. The number of hydrogen-bond acceptors (Lipinski definition) is 4. The predicted molar refractivity (Wildman–Crippen MR) is 75.1 cm³/mol. The van der Waals surface area contributed by atoms with Gasteiger partial charge in [-0.25, -0.2) is 9.78 Å². The molecular formula is C13H18N4O3. The number of carbonyl (C=O) groups excluding carboxylic acids is 1. The first-order chi connectivity index (χ1) is 9.52. The molecular weight excluding hydrogens is 260 g/mol. The van der Waals surface area contributed by atoms with E-state index in [1.807, 2.05) is 13.8 Å². The third kappa shape index (κ3) is 2.09. The van der Waals surface area contributed by atoms with E-state index in [4.69, 9.17) is 0 Å². The Bertz CT molecular complexity index is 766. The molecule has 0 bridgehead atoms. The first kappa shape index (κ1) is 14.2. The van der Waals surface area contributed by atoms with Crippen molar-refractivity contribution in [2.24, 2.45) is 0 Å². The highest BCUT2D eigenvalue weighted by molar-refractivity contribution is 5.87. The molecule has 0 aromatic carbocycles. The molecule has 7 heteroatoms. The summed E-state index contributed by atoms with van der Waals surface area (Å²) in [6.45, 7) is 5.99. The van der Waals surface area contributed by atoms with E-state index in [9.17, 15) is 14.4 Å². The third-order valence-electron chi connectivity index (χ3n) is 3.15. The quantitative estimate of drug-likeness (QED) is 0.830. The summed E-state index contributed by atoms with van der Waals surface area (Å²) in [5, 5.41) is 0. The van der Waals surface area contributed by atoms with Crippen LogP contribution in [0.5, 0.6) is 0 Å². The number of carbonyl (C=O) groups is 1. The zero-order valence-electron chi connectivity index (χ0n) is 11.9. The summed E-state index contributed by atoms with van der Waals surface area (Å²) in [7, 11) is 0. The Morgan fingerprint density at radius 3 is 2.30 bits per heavy atom. The van der Waals surface area contributed by atoms with E-state index in [2.05, 4.69) is 4.98 Å². The molecule has 0 radical (unpaired) electrons. The van der Waals surface area contributed by atoms with Crippen molar-refractivity contribution in [1.29, 1.82) is 0 Å². The lowest BCUT2D eigenvalue weighted by Crippen LogP contribution is -2.40. The van der Waals surface area contributed by atoms with E-state index in [-0.39, 0.29) is 22.8 Å². The topological polar surface area (TPSA) is 78.9 Å². The van der Waals surface area contributed by atoms with E-state index < -0.39 is 5.56 Å². The van der Waals surface area contributed by atoms with E-state index in [0.29, 0.717) is 19.5 Å². The maximum absolute atomic E-state index is 12.4. The van der Waals surface area contributed by atoms with E-state index in [1.165, 1.54) is 27.0 Å². The number of rotatable bonds is 4. The second kappa shape index (κ2) is 5.44. The van der Waals surface area contributed by atoms with Gasteiger partial charge in [0.2, 0.25) is 5.91 Å². The average Bonchev–Trinajstić information content (AvgIpc) is 2.84. The normalized spacial score (nSPS) is 11.2. The van der Waals surface area contributed by atoms with Crippen LogP contribution in [-0.2, 0) is 13.1 Å². The molecule has 0 aliphatic carbocycles. The largest absolute Gasteiger partial charge is 0.332 e. The summed E-state index contributed by atoms with van der Waals surface area (Å²) >= 11 is 0. The number of fused-ring (bicyclic) bond motifs is 1. The number of aromatic nitrogens is 4. The van der Waals surface area contributed by atoms with Crippen LogP contribution in [0.1, 0.15) is 38.4 Å². The van der Waals surface area contributed by atoms with Crippen molar-refractivity contribution in [1.82, 2.24) is 18.7 Å². The van der Waals surface area contributed by atoms with Gasteiger partial charge in [-0.15, -0.1) is 0 Å². The van der Waals surface area contributed by atoms with Gasteiger partial charge in [-0.1, -0.05) is 13.8 Å². The van der Waals surface area contributed by atoms with Crippen molar-refractivity contribution < 1.29 is 4.79 Å². The van der Waals surface area contributed by atoms with Crippen molar-refractivity contribution in [3.8, 4) is 0 Å². The molecule has 20 heavy (non-hydrogen) atoms. The van der Waals surface area contributed by atoms with Gasteiger partial charge in [0.1, 0.15) is 6.33 Å². The van der Waals surface area contributed by atoms with E-state index in [1.54, 1.807) is 0 Å². The minimum Gasteiger partial charge on any atom is -0.276 e. The van der Waals surface area contributed by atoms with Crippen molar-refractivity contribution in [3.05, 3.63) is 27.2 Å². The number of hydrogen-bond donors (Lipinski definition) is 0. The summed E-state index contributed by atoms with van der Waals surface area (Å²) in [5.74, 6) is -0.297. The fraction of sp³-hybridized carbons (Fsp3) is 0.538. The maximum atomic E-state index is 12.4. The zero-order valence-corrected chi connectivity index (χ0v) is 11.9. The third-order valence-corrected chi connectivity index (χ3v) is 3.15. The highest BCUT2D eigenvalue weighted by Crippen LogP contribution is 2.07. The van der Waals surface area contributed by atoms with Gasteiger partial charge in [0.15, 0.2) is 11.2 Å². The van der Waals surface area contributed by atoms with Crippen LogP contribution in [0.25, 0.3) is 11.2 Å². The Hall–Kier alpha value is -2.18. The van der Waals surface area contributed by atoms with Crippen molar-refractivity contribution in [3.63, 3.8) is 0 Å². The molecule has 0 saturated heterocycles. The summed E-state index contributed by atoms with van der Waals surface area (Å²) in [5.41, 5.74) is -0.352. The minimum absolute atomic E-state index is 0.180. The molecule has 0 saturated carbocycles. The lowest BCUT2D eigenvalue weighted by molar-refractivity contribution is 0.0940. The summed E-state index contributed by atoms with van der Waals surface area (Å²) < 4.78 is 3.85. The predicted octanol–water partition coefficient (Wildman–Crippen LogP) is 0.840. The van der Waals surface area contributed by atoms with Gasteiger partial charge in [-0.05, 0) is 12.8 Å². The van der Waals surface area contributed by atoms with Gasteiger partial charge in [-0.3, -0.25) is 23.3 Å². The molecule has 0 spiro atoms. The molecule has 0 amide bonds. The van der Waals surface area contributed by atoms with Crippen LogP contribution in [-0.4, -0.2) is 24.6 Å².